The highest BCUT2D eigenvalue weighted by atomic mass is 16.1. The van der Waals surface area contributed by atoms with Crippen LogP contribution < -0.4 is 0 Å². The Kier molecular flexibility index (Phi) is 4.82. The summed E-state index contributed by atoms with van der Waals surface area (Å²) in [7, 11) is 0. The van der Waals surface area contributed by atoms with Gasteiger partial charge in [-0.2, -0.15) is 0 Å². The molecule has 0 atom stereocenters. The van der Waals surface area contributed by atoms with E-state index in [-0.39, 0.29) is 0 Å². The standard InChI is InChI=1S/C16H26O/c1-2-13-8-10-15(11-9-13)16(17)12-14-6-4-3-5-7-14/h6,13,15H,2-5,7-12H2,1H3. The Hall–Kier alpha value is -0.590. The van der Waals surface area contributed by atoms with Gasteiger partial charge >= 0.3 is 0 Å². The summed E-state index contributed by atoms with van der Waals surface area (Å²) >= 11 is 0. The first-order valence-electron chi connectivity index (χ1n) is 7.50. The molecule has 0 saturated heterocycles. The van der Waals surface area contributed by atoms with Gasteiger partial charge in [0.05, 0.1) is 0 Å². The largest absolute Gasteiger partial charge is 0.299 e. The van der Waals surface area contributed by atoms with Crippen LogP contribution >= 0.6 is 0 Å². The van der Waals surface area contributed by atoms with Gasteiger partial charge in [-0.25, -0.2) is 0 Å². The normalized spacial score (nSPS) is 29.8. The van der Waals surface area contributed by atoms with E-state index in [1.54, 1.807) is 0 Å². The highest BCUT2D eigenvalue weighted by Gasteiger charge is 2.25. The molecular weight excluding hydrogens is 208 g/mol. The first-order chi connectivity index (χ1) is 8.29. The SMILES string of the molecule is CCC1CCC(C(=O)CC2=CCCCC2)CC1. The van der Waals surface area contributed by atoms with Crippen molar-refractivity contribution >= 4 is 5.78 Å². The van der Waals surface area contributed by atoms with E-state index in [9.17, 15) is 4.79 Å². The minimum absolute atomic E-state index is 0.389. The van der Waals surface area contributed by atoms with Gasteiger partial charge in [0.2, 0.25) is 0 Å². The molecule has 0 N–H and O–H groups in total. The van der Waals surface area contributed by atoms with Gasteiger partial charge in [-0.15, -0.1) is 0 Å². The summed E-state index contributed by atoms with van der Waals surface area (Å²) < 4.78 is 0. The summed E-state index contributed by atoms with van der Waals surface area (Å²) in [6, 6.07) is 0. The van der Waals surface area contributed by atoms with E-state index in [4.69, 9.17) is 0 Å². The molecule has 0 heterocycles. The van der Waals surface area contributed by atoms with Crippen LogP contribution in [0.3, 0.4) is 0 Å². The maximum absolute atomic E-state index is 12.2. The Morgan fingerprint density at radius 2 is 2.00 bits per heavy atom. The third kappa shape index (κ3) is 3.69. The lowest BCUT2D eigenvalue weighted by molar-refractivity contribution is -0.123. The van der Waals surface area contributed by atoms with Crippen LogP contribution in [0, 0.1) is 11.8 Å². The number of ketones is 1. The van der Waals surface area contributed by atoms with Crippen molar-refractivity contribution in [3.8, 4) is 0 Å². The number of carbonyl (C=O) groups is 1. The molecule has 1 heteroatoms. The summed E-state index contributed by atoms with van der Waals surface area (Å²) in [4.78, 5) is 12.2. The molecule has 0 radical (unpaired) electrons. The summed E-state index contributed by atoms with van der Waals surface area (Å²) in [5.41, 5.74) is 1.43. The van der Waals surface area contributed by atoms with Crippen molar-refractivity contribution in [2.45, 2.75) is 71.1 Å². The van der Waals surface area contributed by atoms with Gasteiger partial charge in [-0.1, -0.05) is 25.0 Å². The first-order valence-corrected chi connectivity index (χ1v) is 7.50. The highest BCUT2D eigenvalue weighted by molar-refractivity contribution is 5.83. The van der Waals surface area contributed by atoms with Crippen molar-refractivity contribution in [2.24, 2.45) is 11.8 Å². The molecule has 17 heavy (non-hydrogen) atoms. The summed E-state index contributed by atoms with van der Waals surface area (Å²) in [5.74, 6) is 1.82. The molecule has 0 aromatic heterocycles. The monoisotopic (exact) mass is 234 g/mol. The Bertz CT molecular complexity index is 282. The molecule has 0 amide bonds. The third-order valence-corrected chi connectivity index (χ3v) is 4.67. The van der Waals surface area contributed by atoms with Crippen LogP contribution in [0.2, 0.25) is 0 Å². The van der Waals surface area contributed by atoms with Crippen molar-refractivity contribution in [1.82, 2.24) is 0 Å². The van der Waals surface area contributed by atoms with E-state index in [1.807, 2.05) is 0 Å². The number of rotatable bonds is 4. The van der Waals surface area contributed by atoms with Crippen LogP contribution in [-0.2, 0) is 4.79 Å². The first kappa shape index (κ1) is 12.9. The van der Waals surface area contributed by atoms with Crippen molar-refractivity contribution in [3.05, 3.63) is 11.6 Å². The smallest absolute Gasteiger partial charge is 0.139 e. The minimum Gasteiger partial charge on any atom is -0.299 e. The van der Waals surface area contributed by atoms with Crippen LogP contribution in [0.15, 0.2) is 11.6 Å². The van der Waals surface area contributed by atoms with Crippen LogP contribution in [0.25, 0.3) is 0 Å². The zero-order valence-electron chi connectivity index (χ0n) is 11.2. The number of Topliss-reactive ketones (excluding diaryl/α,β-unsaturated/α-hetero) is 1. The molecular formula is C16H26O. The molecule has 2 rings (SSSR count). The predicted molar refractivity (Wildman–Crippen MR) is 71.9 cm³/mol. The van der Waals surface area contributed by atoms with E-state index >= 15 is 0 Å². The molecule has 0 aliphatic heterocycles. The van der Waals surface area contributed by atoms with Gasteiger partial charge in [0.25, 0.3) is 0 Å². The van der Waals surface area contributed by atoms with Crippen LogP contribution in [0.5, 0.6) is 0 Å². The Balaban J connectivity index is 1.78. The van der Waals surface area contributed by atoms with E-state index in [1.165, 1.54) is 50.5 Å². The molecule has 0 spiro atoms. The average Bonchev–Trinajstić information content (AvgIpc) is 2.40. The Labute approximate surface area is 106 Å². The van der Waals surface area contributed by atoms with Crippen LogP contribution in [-0.4, -0.2) is 5.78 Å². The zero-order valence-corrected chi connectivity index (χ0v) is 11.2. The number of allylic oxidation sites excluding steroid dienone is 2. The molecule has 1 nitrogen and oxygen atoms in total. The molecule has 0 bridgehead atoms. The van der Waals surface area contributed by atoms with E-state index < -0.39 is 0 Å². The number of hydrogen-bond acceptors (Lipinski definition) is 1. The second kappa shape index (κ2) is 6.37. The summed E-state index contributed by atoms with van der Waals surface area (Å²) in [6.45, 7) is 2.28. The Morgan fingerprint density at radius 3 is 2.59 bits per heavy atom. The maximum atomic E-state index is 12.2. The van der Waals surface area contributed by atoms with E-state index in [0.29, 0.717) is 11.7 Å². The van der Waals surface area contributed by atoms with Gasteiger partial charge in [0.1, 0.15) is 5.78 Å². The Morgan fingerprint density at radius 1 is 1.24 bits per heavy atom. The maximum Gasteiger partial charge on any atom is 0.139 e. The molecule has 0 aromatic rings. The molecule has 2 aliphatic rings. The van der Waals surface area contributed by atoms with Gasteiger partial charge in [-0.3, -0.25) is 4.79 Å². The predicted octanol–water partition coefficient (Wildman–Crippen LogP) is 4.66. The topological polar surface area (TPSA) is 17.1 Å². The summed E-state index contributed by atoms with van der Waals surface area (Å²) in [6.07, 6.45) is 14.3. The fourth-order valence-corrected chi connectivity index (χ4v) is 3.33. The van der Waals surface area contributed by atoms with Gasteiger partial charge in [-0.05, 0) is 57.3 Å². The number of hydrogen-bond donors (Lipinski definition) is 0. The molecule has 0 aromatic carbocycles. The lowest BCUT2D eigenvalue weighted by atomic mass is 9.77. The summed E-state index contributed by atoms with van der Waals surface area (Å²) in [5, 5.41) is 0. The van der Waals surface area contributed by atoms with Crippen molar-refractivity contribution in [3.63, 3.8) is 0 Å². The third-order valence-electron chi connectivity index (χ3n) is 4.67. The van der Waals surface area contributed by atoms with Crippen molar-refractivity contribution < 1.29 is 4.79 Å². The molecule has 0 unspecified atom stereocenters. The number of carbonyl (C=O) groups excluding carboxylic acids is 1. The second-order valence-electron chi connectivity index (χ2n) is 5.88. The van der Waals surface area contributed by atoms with E-state index in [0.717, 1.165) is 25.2 Å². The lowest BCUT2D eigenvalue weighted by Crippen LogP contribution is -2.22. The van der Waals surface area contributed by atoms with Gasteiger partial charge in [0.15, 0.2) is 0 Å². The van der Waals surface area contributed by atoms with Crippen LogP contribution in [0.4, 0.5) is 0 Å². The lowest BCUT2D eigenvalue weighted by Gasteiger charge is -2.27. The molecule has 1 saturated carbocycles. The molecule has 1 fully saturated rings. The fraction of sp³-hybridized carbons (Fsp3) is 0.812. The second-order valence-corrected chi connectivity index (χ2v) is 5.88. The van der Waals surface area contributed by atoms with Crippen molar-refractivity contribution in [2.75, 3.05) is 0 Å². The van der Waals surface area contributed by atoms with Crippen LogP contribution in [0.1, 0.15) is 71.1 Å². The zero-order chi connectivity index (χ0) is 12.1. The molecule has 2 aliphatic carbocycles. The minimum atomic E-state index is 0.389. The quantitative estimate of drug-likeness (QED) is 0.646. The fourth-order valence-electron chi connectivity index (χ4n) is 3.33. The van der Waals surface area contributed by atoms with Gasteiger partial charge in [0, 0.05) is 12.3 Å². The van der Waals surface area contributed by atoms with Gasteiger partial charge < -0.3 is 0 Å². The average molecular weight is 234 g/mol. The highest BCUT2D eigenvalue weighted by Crippen LogP contribution is 2.33. The van der Waals surface area contributed by atoms with Crippen molar-refractivity contribution in [1.29, 1.82) is 0 Å². The van der Waals surface area contributed by atoms with E-state index in [2.05, 4.69) is 13.0 Å². The molecule has 96 valence electrons.